The first-order chi connectivity index (χ1) is 10.6. The second-order valence-electron chi connectivity index (χ2n) is 5.71. The fourth-order valence-electron chi connectivity index (χ4n) is 3.46. The van der Waals surface area contributed by atoms with Gasteiger partial charge in [0.2, 0.25) is 0 Å². The fourth-order valence-corrected chi connectivity index (χ4v) is 3.46. The van der Waals surface area contributed by atoms with Crippen molar-refractivity contribution >= 4 is 17.6 Å². The van der Waals surface area contributed by atoms with Gasteiger partial charge in [-0.15, -0.1) is 0 Å². The molecule has 0 N–H and O–H groups in total. The number of carbonyl (C=O) groups is 3. The number of benzene rings is 2. The highest BCUT2D eigenvalue weighted by atomic mass is 16.2. The van der Waals surface area contributed by atoms with Gasteiger partial charge in [0.25, 0.3) is 11.8 Å². The van der Waals surface area contributed by atoms with Crippen molar-refractivity contribution in [1.82, 2.24) is 4.90 Å². The number of carbonyl (C=O) groups excluding carboxylic acids is 3. The highest BCUT2D eigenvalue weighted by Crippen LogP contribution is 2.54. The Morgan fingerprint density at radius 3 is 1.73 bits per heavy atom. The molecule has 2 atom stereocenters. The number of nitrogens with zero attached hydrogens (tertiary/aromatic N) is 1. The van der Waals surface area contributed by atoms with Crippen LogP contribution in [0.2, 0.25) is 0 Å². The molecule has 1 aliphatic carbocycles. The van der Waals surface area contributed by atoms with Crippen LogP contribution in [0.25, 0.3) is 0 Å². The van der Waals surface area contributed by atoms with Crippen molar-refractivity contribution in [3.63, 3.8) is 0 Å². The van der Waals surface area contributed by atoms with Gasteiger partial charge in [0.15, 0.2) is 5.78 Å². The number of amides is 2. The third-order valence-corrected chi connectivity index (χ3v) is 4.67. The zero-order chi connectivity index (χ0) is 15.5. The van der Waals surface area contributed by atoms with Crippen LogP contribution in [0.3, 0.4) is 0 Å². The maximum atomic E-state index is 12.7. The number of imide groups is 1. The smallest absolute Gasteiger partial charge is 0.262 e. The fraction of sp³-hybridized carbons (Fsp3) is 0.167. The SMILES string of the molecule is CC1C(=O)[C@]1(c1ccccc1)N1C(=O)c2ccccc2C1=O. The molecule has 0 aromatic heterocycles. The normalized spacial score (nSPS) is 26.3. The van der Waals surface area contributed by atoms with E-state index < -0.39 is 5.54 Å². The third kappa shape index (κ3) is 1.34. The van der Waals surface area contributed by atoms with Crippen LogP contribution in [0.15, 0.2) is 54.6 Å². The maximum absolute atomic E-state index is 12.7. The lowest BCUT2D eigenvalue weighted by atomic mass is 10.0. The summed E-state index contributed by atoms with van der Waals surface area (Å²) >= 11 is 0. The second kappa shape index (κ2) is 4.13. The van der Waals surface area contributed by atoms with E-state index in [0.29, 0.717) is 16.7 Å². The van der Waals surface area contributed by atoms with E-state index in [1.165, 1.54) is 0 Å². The van der Waals surface area contributed by atoms with Gasteiger partial charge in [0.05, 0.1) is 17.0 Å². The summed E-state index contributed by atoms with van der Waals surface area (Å²) in [7, 11) is 0. The molecule has 0 bridgehead atoms. The predicted molar refractivity (Wildman–Crippen MR) is 79.2 cm³/mol. The van der Waals surface area contributed by atoms with Crippen LogP contribution in [0.4, 0.5) is 0 Å². The van der Waals surface area contributed by atoms with Crippen LogP contribution in [0.1, 0.15) is 33.2 Å². The molecule has 4 nitrogen and oxygen atoms in total. The largest absolute Gasteiger partial charge is 0.296 e. The zero-order valence-electron chi connectivity index (χ0n) is 11.9. The van der Waals surface area contributed by atoms with Crippen molar-refractivity contribution in [2.75, 3.05) is 0 Å². The van der Waals surface area contributed by atoms with Gasteiger partial charge in [-0.3, -0.25) is 19.3 Å². The van der Waals surface area contributed by atoms with E-state index in [2.05, 4.69) is 0 Å². The molecule has 2 aromatic carbocycles. The first kappa shape index (κ1) is 13.0. The van der Waals surface area contributed by atoms with E-state index in [1.807, 2.05) is 18.2 Å². The molecule has 2 aliphatic rings. The molecule has 108 valence electrons. The lowest BCUT2D eigenvalue weighted by Crippen LogP contribution is -2.42. The molecular weight excluding hydrogens is 278 g/mol. The van der Waals surface area contributed by atoms with E-state index in [0.717, 1.165) is 4.90 Å². The summed E-state index contributed by atoms with van der Waals surface area (Å²) in [5.41, 5.74) is 0.292. The lowest BCUT2D eigenvalue weighted by molar-refractivity contribution is -0.113. The highest BCUT2D eigenvalue weighted by molar-refractivity contribution is 6.26. The molecule has 1 unspecified atom stereocenters. The van der Waals surface area contributed by atoms with Crippen molar-refractivity contribution in [3.05, 3.63) is 71.3 Å². The molecule has 1 fully saturated rings. The van der Waals surface area contributed by atoms with Gasteiger partial charge in [-0.05, 0) is 17.7 Å². The van der Waals surface area contributed by atoms with E-state index in [1.54, 1.807) is 43.3 Å². The summed E-state index contributed by atoms with van der Waals surface area (Å²) in [6.45, 7) is 1.76. The summed E-state index contributed by atoms with van der Waals surface area (Å²) in [6, 6.07) is 15.8. The summed E-state index contributed by atoms with van der Waals surface area (Å²) in [5, 5.41) is 0. The molecule has 2 aromatic rings. The first-order valence-corrected chi connectivity index (χ1v) is 7.18. The van der Waals surface area contributed by atoms with Crippen LogP contribution >= 0.6 is 0 Å². The Balaban J connectivity index is 1.90. The van der Waals surface area contributed by atoms with E-state index in [-0.39, 0.29) is 23.5 Å². The standard InChI is InChI=1S/C18H13NO3/c1-11-15(20)18(11,12-7-3-2-4-8-12)19-16(21)13-9-5-6-10-14(13)17(19)22/h2-11H,1H3/t11?,18-/m0/s1. The molecule has 1 heterocycles. The minimum absolute atomic E-state index is 0.0896. The maximum Gasteiger partial charge on any atom is 0.262 e. The minimum Gasteiger partial charge on any atom is -0.296 e. The van der Waals surface area contributed by atoms with E-state index >= 15 is 0 Å². The van der Waals surface area contributed by atoms with Crippen LogP contribution in [-0.4, -0.2) is 22.5 Å². The Kier molecular flexibility index (Phi) is 2.43. The molecule has 22 heavy (non-hydrogen) atoms. The molecule has 1 aliphatic heterocycles. The molecule has 0 saturated heterocycles. The van der Waals surface area contributed by atoms with Crippen molar-refractivity contribution < 1.29 is 14.4 Å². The van der Waals surface area contributed by atoms with Gasteiger partial charge in [-0.25, -0.2) is 0 Å². The Morgan fingerprint density at radius 1 is 0.818 bits per heavy atom. The predicted octanol–water partition coefficient (Wildman–Crippen LogP) is 2.40. The van der Waals surface area contributed by atoms with Crippen molar-refractivity contribution in [3.8, 4) is 0 Å². The number of hydrogen-bond donors (Lipinski definition) is 0. The molecular formula is C18H13NO3. The van der Waals surface area contributed by atoms with Crippen molar-refractivity contribution in [1.29, 1.82) is 0 Å². The number of Topliss-reactive ketones (excluding diaryl/α,β-unsaturated/α-hetero) is 1. The number of ketones is 1. The van der Waals surface area contributed by atoms with Gasteiger partial charge in [-0.1, -0.05) is 49.4 Å². The van der Waals surface area contributed by atoms with Crippen molar-refractivity contribution in [2.45, 2.75) is 12.5 Å². The summed E-state index contributed by atoms with van der Waals surface area (Å²) in [4.78, 5) is 39.0. The lowest BCUT2D eigenvalue weighted by Gasteiger charge is -2.25. The van der Waals surface area contributed by atoms with Gasteiger partial charge in [0, 0.05) is 0 Å². The molecule has 4 rings (SSSR count). The van der Waals surface area contributed by atoms with E-state index in [9.17, 15) is 14.4 Å². The summed E-state index contributed by atoms with van der Waals surface area (Å²) < 4.78 is 0. The van der Waals surface area contributed by atoms with Crippen LogP contribution in [0.5, 0.6) is 0 Å². The van der Waals surface area contributed by atoms with Crippen LogP contribution in [-0.2, 0) is 10.3 Å². The van der Waals surface area contributed by atoms with Crippen LogP contribution < -0.4 is 0 Å². The quantitative estimate of drug-likeness (QED) is 0.798. The topological polar surface area (TPSA) is 54.5 Å². The van der Waals surface area contributed by atoms with Gasteiger partial charge >= 0.3 is 0 Å². The van der Waals surface area contributed by atoms with E-state index in [4.69, 9.17) is 0 Å². The van der Waals surface area contributed by atoms with Gasteiger partial charge < -0.3 is 0 Å². The Bertz CT molecular complexity index is 792. The third-order valence-electron chi connectivity index (χ3n) is 4.67. The number of rotatable bonds is 2. The Labute approximate surface area is 127 Å². The van der Waals surface area contributed by atoms with Gasteiger partial charge in [-0.2, -0.15) is 0 Å². The highest BCUT2D eigenvalue weighted by Gasteiger charge is 2.71. The average molecular weight is 291 g/mol. The summed E-state index contributed by atoms with van der Waals surface area (Å²) in [5.74, 6) is -1.24. The monoisotopic (exact) mass is 291 g/mol. The zero-order valence-corrected chi connectivity index (χ0v) is 11.9. The van der Waals surface area contributed by atoms with Crippen LogP contribution in [0, 0.1) is 5.92 Å². The molecule has 2 amide bonds. The molecule has 0 spiro atoms. The average Bonchev–Trinajstić information content (AvgIpc) is 2.99. The second-order valence-corrected chi connectivity index (χ2v) is 5.71. The first-order valence-electron chi connectivity index (χ1n) is 7.18. The van der Waals surface area contributed by atoms with Crippen molar-refractivity contribution in [2.24, 2.45) is 5.92 Å². The Morgan fingerprint density at radius 2 is 1.27 bits per heavy atom. The molecule has 4 heteroatoms. The summed E-state index contributed by atoms with van der Waals surface area (Å²) in [6.07, 6.45) is 0. The number of hydrogen-bond acceptors (Lipinski definition) is 3. The minimum atomic E-state index is -1.14. The molecule has 0 radical (unpaired) electrons. The van der Waals surface area contributed by atoms with Gasteiger partial charge in [0.1, 0.15) is 5.54 Å². The number of fused-ring (bicyclic) bond motifs is 1. The molecule has 1 saturated carbocycles. The Hall–Kier alpha value is -2.75.